The summed E-state index contributed by atoms with van der Waals surface area (Å²) in [5.41, 5.74) is 5.37. The Kier molecular flexibility index (Phi) is 4.41. The van der Waals surface area contributed by atoms with E-state index in [4.69, 9.17) is 9.47 Å². The van der Waals surface area contributed by atoms with Crippen LogP contribution in [-0.2, 0) is 11.3 Å². The fourth-order valence-electron chi connectivity index (χ4n) is 3.99. The van der Waals surface area contributed by atoms with Gasteiger partial charge in [0.1, 0.15) is 12.1 Å². The van der Waals surface area contributed by atoms with Gasteiger partial charge in [-0.25, -0.2) is 18.4 Å². The minimum Gasteiger partial charge on any atom is -0.454 e. The molecule has 1 aliphatic rings. The number of amides is 1. The van der Waals surface area contributed by atoms with Crippen LogP contribution in [0.3, 0.4) is 0 Å². The number of ether oxygens (including phenoxy) is 2. The molecule has 0 radical (unpaired) electrons. The maximum Gasteiger partial charge on any atom is 0.350 e. The first-order chi connectivity index (χ1) is 16.5. The highest BCUT2D eigenvalue weighted by Crippen LogP contribution is 2.34. The normalized spacial score (nSPS) is 12.5. The summed E-state index contributed by atoms with van der Waals surface area (Å²) in [4.78, 5) is 25.5. The molecule has 34 heavy (non-hydrogen) atoms. The molecule has 2 aromatic carbocycles. The van der Waals surface area contributed by atoms with Crippen LogP contribution in [0.5, 0.6) is 11.5 Å². The number of aromatic nitrogens is 5. The van der Waals surface area contributed by atoms with E-state index >= 15 is 0 Å². The zero-order valence-electron chi connectivity index (χ0n) is 18.5. The van der Waals surface area contributed by atoms with Crippen LogP contribution < -0.4 is 20.5 Å². The molecule has 0 aliphatic carbocycles. The Hall–Kier alpha value is -4.60. The molecule has 10 nitrogen and oxygen atoms in total. The van der Waals surface area contributed by atoms with Crippen LogP contribution in [0.25, 0.3) is 22.4 Å². The van der Waals surface area contributed by atoms with Crippen molar-refractivity contribution in [2.24, 2.45) is 0 Å². The number of rotatable bonds is 4. The molecule has 6 rings (SSSR count). The third kappa shape index (κ3) is 3.27. The van der Waals surface area contributed by atoms with Crippen molar-refractivity contribution in [2.75, 3.05) is 12.1 Å². The van der Waals surface area contributed by atoms with Gasteiger partial charge in [-0.3, -0.25) is 4.79 Å². The molecule has 0 atom stereocenters. The van der Waals surface area contributed by atoms with Gasteiger partial charge < -0.3 is 14.8 Å². The number of anilines is 1. The summed E-state index contributed by atoms with van der Waals surface area (Å²) in [6.07, 6.45) is 3.30. The Balaban J connectivity index is 1.31. The van der Waals surface area contributed by atoms with E-state index in [1.807, 2.05) is 12.1 Å². The molecule has 1 aliphatic heterocycles. The van der Waals surface area contributed by atoms with Crippen LogP contribution in [0.4, 0.5) is 5.69 Å². The van der Waals surface area contributed by atoms with Crippen molar-refractivity contribution in [1.29, 1.82) is 0 Å². The summed E-state index contributed by atoms with van der Waals surface area (Å²) in [5, 5.41) is 11.8. The summed E-state index contributed by atoms with van der Waals surface area (Å²) >= 11 is 0. The molecule has 0 spiro atoms. The number of fused-ring (bicyclic) bond motifs is 4. The number of carbonyl (C=O) groups excluding carboxylic acids is 1. The van der Waals surface area contributed by atoms with E-state index in [0.717, 1.165) is 15.9 Å². The highest BCUT2D eigenvalue weighted by Gasteiger charge is 2.17. The summed E-state index contributed by atoms with van der Waals surface area (Å²) in [6.45, 7) is 4.04. The van der Waals surface area contributed by atoms with Gasteiger partial charge in [-0.1, -0.05) is 12.1 Å². The standard InChI is InChI=1S/C24H20N6O4/c1-14-3-4-16(9-15(14)2)18-11-19-23-27-30(24(32)28(23)7-8-29(19)26-18)12-22(31)25-17-5-6-20-21(10-17)34-13-33-20/h3-11H,12-13H2,1-2H3,(H,25,31). The second kappa shape index (κ2) is 7.48. The smallest absolute Gasteiger partial charge is 0.350 e. The van der Waals surface area contributed by atoms with Crippen molar-refractivity contribution >= 4 is 22.8 Å². The van der Waals surface area contributed by atoms with Crippen LogP contribution >= 0.6 is 0 Å². The van der Waals surface area contributed by atoms with Gasteiger partial charge in [0.2, 0.25) is 12.7 Å². The highest BCUT2D eigenvalue weighted by molar-refractivity contribution is 5.91. The molecule has 0 fully saturated rings. The fourth-order valence-corrected chi connectivity index (χ4v) is 3.99. The molecule has 1 N–H and O–H groups in total. The zero-order valence-corrected chi connectivity index (χ0v) is 18.5. The van der Waals surface area contributed by atoms with Crippen molar-refractivity contribution in [2.45, 2.75) is 20.4 Å². The lowest BCUT2D eigenvalue weighted by atomic mass is 10.0. The lowest BCUT2D eigenvalue weighted by molar-refractivity contribution is -0.117. The number of hydrogen-bond acceptors (Lipinski definition) is 6. The lowest BCUT2D eigenvalue weighted by Crippen LogP contribution is -2.28. The molecule has 5 aromatic rings. The monoisotopic (exact) mass is 456 g/mol. The molecule has 0 saturated carbocycles. The van der Waals surface area contributed by atoms with Crippen molar-refractivity contribution in [3.05, 3.63) is 76.5 Å². The van der Waals surface area contributed by atoms with Gasteiger partial charge in [-0.2, -0.15) is 5.10 Å². The third-order valence-corrected chi connectivity index (χ3v) is 5.94. The molecule has 1 amide bonds. The molecule has 170 valence electrons. The first kappa shape index (κ1) is 20.0. The van der Waals surface area contributed by atoms with Gasteiger partial charge in [0, 0.05) is 29.7 Å². The van der Waals surface area contributed by atoms with E-state index in [-0.39, 0.29) is 19.2 Å². The Labute approximate surface area is 193 Å². The number of hydrogen-bond donors (Lipinski definition) is 1. The maximum absolute atomic E-state index is 12.9. The van der Waals surface area contributed by atoms with E-state index in [1.165, 1.54) is 15.5 Å². The predicted octanol–water partition coefficient (Wildman–Crippen LogP) is 2.79. The lowest BCUT2D eigenvalue weighted by Gasteiger charge is -2.05. The SMILES string of the molecule is Cc1ccc(-c2cc3c4nn(CC(=O)Nc5ccc6c(c5)OCO6)c(=O)n4ccn3n2)cc1C. The Morgan fingerprint density at radius 3 is 2.71 bits per heavy atom. The van der Waals surface area contributed by atoms with E-state index < -0.39 is 5.69 Å². The van der Waals surface area contributed by atoms with Crippen molar-refractivity contribution < 1.29 is 14.3 Å². The van der Waals surface area contributed by atoms with Crippen LogP contribution in [0.2, 0.25) is 0 Å². The van der Waals surface area contributed by atoms with Gasteiger partial charge in [-0.05, 0) is 49.2 Å². The van der Waals surface area contributed by atoms with Crippen molar-refractivity contribution in [3.8, 4) is 22.8 Å². The summed E-state index contributed by atoms with van der Waals surface area (Å²) < 4.78 is 14.8. The van der Waals surface area contributed by atoms with E-state index in [1.54, 1.807) is 35.1 Å². The largest absolute Gasteiger partial charge is 0.454 e. The molecule has 0 unspecified atom stereocenters. The maximum atomic E-state index is 12.9. The topological polar surface area (TPSA) is 104 Å². The Bertz CT molecular complexity index is 1660. The average molecular weight is 456 g/mol. The molecular weight excluding hydrogens is 436 g/mol. The van der Waals surface area contributed by atoms with Gasteiger partial charge in [0.05, 0.1) is 5.69 Å². The first-order valence-corrected chi connectivity index (χ1v) is 10.7. The molecule has 0 bridgehead atoms. The second-order valence-electron chi connectivity index (χ2n) is 8.21. The van der Waals surface area contributed by atoms with Gasteiger partial charge in [0.15, 0.2) is 17.1 Å². The summed E-state index contributed by atoms with van der Waals surface area (Å²) in [7, 11) is 0. The van der Waals surface area contributed by atoms with Gasteiger partial charge in [-0.15, -0.1) is 5.10 Å². The molecule has 4 heterocycles. The molecule has 3 aromatic heterocycles. The van der Waals surface area contributed by atoms with Gasteiger partial charge >= 0.3 is 5.69 Å². The molecule has 0 saturated heterocycles. The Morgan fingerprint density at radius 2 is 1.85 bits per heavy atom. The van der Waals surface area contributed by atoms with Crippen LogP contribution in [0.1, 0.15) is 11.1 Å². The van der Waals surface area contributed by atoms with Crippen LogP contribution in [0, 0.1) is 13.8 Å². The number of nitrogens with one attached hydrogen (secondary N) is 1. The number of nitrogens with zero attached hydrogens (tertiary/aromatic N) is 5. The summed E-state index contributed by atoms with van der Waals surface area (Å²) in [5.74, 6) is 0.801. The van der Waals surface area contributed by atoms with E-state index in [2.05, 4.69) is 41.5 Å². The molecule has 10 heteroatoms. The third-order valence-electron chi connectivity index (χ3n) is 5.94. The second-order valence-corrected chi connectivity index (χ2v) is 8.21. The van der Waals surface area contributed by atoms with E-state index in [0.29, 0.717) is 28.4 Å². The first-order valence-electron chi connectivity index (χ1n) is 10.7. The van der Waals surface area contributed by atoms with Gasteiger partial charge in [0.25, 0.3) is 0 Å². The van der Waals surface area contributed by atoms with Crippen LogP contribution in [-0.4, -0.2) is 36.5 Å². The van der Waals surface area contributed by atoms with Crippen LogP contribution in [0.15, 0.2) is 59.7 Å². The fraction of sp³-hybridized carbons (Fsp3) is 0.167. The quantitative estimate of drug-likeness (QED) is 0.446. The average Bonchev–Trinajstić information content (AvgIpc) is 3.53. The number of carbonyl (C=O) groups is 1. The highest BCUT2D eigenvalue weighted by atomic mass is 16.7. The number of benzene rings is 2. The molecular formula is C24H20N6O4. The minimum atomic E-state index is -0.410. The minimum absolute atomic E-state index is 0.150. The number of aryl methyl sites for hydroxylation is 2. The van der Waals surface area contributed by atoms with E-state index in [9.17, 15) is 9.59 Å². The summed E-state index contributed by atoms with van der Waals surface area (Å²) in [6, 6.07) is 13.2. The predicted molar refractivity (Wildman–Crippen MR) is 124 cm³/mol. The van der Waals surface area contributed by atoms with Crippen molar-refractivity contribution in [1.82, 2.24) is 23.8 Å². The Morgan fingerprint density at radius 1 is 1.00 bits per heavy atom. The zero-order chi connectivity index (χ0) is 23.4. The van der Waals surface area contributed by atoms with Crippen molar-refractivity contribution in [3.63, 3.8) is 0 Å².